The van der Waals surface area contributed by atoms with E-state index in [1.807, 2.05) is 13.8 Å². The molecular formula is C22H34N4O7Si. The monoisotopic (exact) mass is 494 g/mol. The van der Waals surface area contributed by atoms with Crippen molar-refractivity contribution in [1.29, 1.82) is 0 Å². The Kier molecular flexibility index (Phi) is 6.07. The molecule has 0 spiro atoms. The van der Waals surface area contributed by atoms with Gasteiger partial charge < -0.3 is 28.8 Å². The first-order valence-electron chi connectivity index (χ1n) is 11.3. The lowest BCUT2D eigenvalue weighted by Crippen LogP contribution is -2.54. The Balaban J connectivity index is 1.72. The predicted molar refractivity (Wildman–Crippen MR) is 125 cm³/mol. The maximum atomic E-state index is 11.2. The van der Waals surface area contributed by atoms with Crippen LogP contribution < -0.4 is 5.32 Å². The van der Waals surface area contributed by atoms with E-state index in [1.54, 1.807) is 16.6 Å². The van der Waals surface area contributed by atoms with Gasteiger partial charge in [-0.15, -0.1) is 0 Å². The van der Waals surface area contributed by atoms with Crippen molar-refractivity contribution in [2.24, 2.45) is 0 Å². The van der Waals surface area contributed by atoms with Gasteiger partial charge in [0.05, 0.1) is 18.9 Å². The van der Waals surface area contributed by atoms with Crippen LogP contribution in [0.15, 0.2) is 18.5 Å². The lowest BCUT2D eigenvalue weighted by atomic mass is 9.95. The van der Waals surface area contributed by atoms with Crippen LogP contribution in [0.25, 0.3) is 5.52 Å². The third-order valence-electron chi connectivity index (χ3n) is 7.06. The second-order valence-corrected chi connectivity index (χ2v) is 15.7. The number of anilines is 1. The Morgan fingerprint density at radius 2 is 1.97 bits per heavy atom. The Morgan fingerprint density at radius 3 is 2.59 bits per heavy atom. The normalized spacial score (nSPS) is 28.9. The molecule has 0 bridgehead atoms. The summed E-state index contributed by atoms with van der Waals surface area (Å²) in [6.45, 7) is 14.2. The van der Waals surface area contributed by atoms with Gasteiger partial charge in [-0.1, -0.05) is 20.8 Å². The predicted octanol–water partition coefficient (Wildman–Crippen LogP) is 3.16. The maximum Gasteiger partial charge on any atom is 0.410 e. The second-order valence-electron chi connectivity index (χ2n) is 10.9. The first-order valence-corrected chi connectivity index (χ1v) is 14.2. The van der Waals surface area contributed by atoms with Crippen molar-refractivity contribution in [1.82, 2.24) is 14.6 Å². The summed E-state index contributed by atoms with van der Waals surface area (Å²) in [5.41, 5.74) is -0.0418. The van der Waals surface area contributed by atoms with Crippen molar-refractivity contribution in [2.75, 3.05) is 18.5 Å². The van der Waals surface area contributed by atoms with Crippen LogP contribution >= 0.6 is 0 Å². The molecule has 2 aliphatic heterocycles. The molecule has 0 aromatic carbocycles. The first-order chi connectivity index (χ1) is 15.7. The molecule has 0 aliphatic carbocycles. The topological polar surface area (TPSA) is 137 Å². The fourth-order valence-electron chi connectivity index (χ4n) is 4.21. The van der Waals surface area contributed by atoms with Crippen molar-refractivity contribution in [3.05, 3.63) is 24.2 Å². The van der Waals surface area contributed by atoms with Crippen molar-refractivity contribution >= 4 is 25.7 Å². The van der Waals surface area contributed by atoms with Gasteiger partial charge in [-0.25, -0.2) is 14.3 Å². The summed E-state index contributed by atoms with van der Waals surface area (Å²) in [6.07, 6.45) is -1.71. The average Bonchev–Trinajstić information content (AvgIpc) is 3.36. The van der Waals surface area contributed by atoms with Gasteiger partial charge in [-0.05, 0) is 44.1 Å². The highest BCUT2D eigenvalue weighted by atomic mass is 28.4. The Bertz CT molecular complexity index is 1080. The van der Waals surface area contributed by atoms with Crippen LogP contribution in [0.3, 0.4) is 0 Å². The lowest BCUT2D eigenvalue weighted by Gasteiger charge is -2.40. The Hall–Kier alpha value is -2.09. The highest BCUT2D eigenvalue weighted by Gasteiger charge is 2.64. The van der Waals surface area contributed by atoms with Crippen LogP contribution in [0, 0.1) is 0 Å². The standard InChI is InChI=1S/C22H34N4O7Si/c1-20(2,3)34(6,7)30-11-22(10-27)17-16(31-21(4,5)33-17)15(32-22)13-8-9-14-18(25-19(28)29)23-12-24-26(13)14/h8-9,12,15-17,27H,10-11H2,1-7H3,(H,28,29)(H,23,24,25)/t15-,16-,17-,22+/m0/s1. The lowest BCUT2D eigenvalue weighted by molar-refractivity contribution is -0.223. The number of fused-ring (bicyclic) bond motifs is 2. The minimum absolute atomic E-state index is 0.0183. The van der Waals surface area contributed by atoms with E-state index in [-0.39, 0.29) is 24.1 Å². The average molecular weight is 495 g/mol. The van der Waals surface area contributed by atoms with Crippen LogP contribution in [0.5, 0.6) is 0 Å². The van der Waals surface area contributed by atoms with Crippen LogP contribution in [0.1, 0.15) is 46.4 Å². The molecular weight excluding hydrogens is 460 g/mol. The number of hydrogen-bond donors (Lipinski definition) is 3. The van der Waals surface area contributed by atoms with Gasteiger partial charge in [0.25, 0.3) is 0 Å². The van der Waals surface area contributed by atoms with Gasteiger partial charge >= 0.3 is 6.09 Å². The molecule has 188 valence electrons. The minimum Gasteiger partial charge on any atom is -0.465 e. The number of nitrogens with zero attached hydrogens (tertiary/aromatic N) is 3. The molecule has 4 rings (SSSR count). The number of carbonyl (C=O) groups is 1. The molecule has 0 saturated carbocycles. The molecule has 2 aromatic rings. The quantitative estimate of drug-likeness (QED) is 0.517. The van der Waals surface area contributed by atoms with Crippen LogP contribution in [0.4, 0.5) is 10.6 Å². The third-order valence-corrected chi connectivity index (χ3v) is 11.5. The molecule has 0 radical (unpaired) electrons. The highest BCUT2D eigenvalue weighted by molar-refractivity contribution is 6.74. The summed E-state index contributed by atoms with van der Waals surface area (Å²) in [5.74, 6) is -0.728. The van der Waals surface area contributed by atoms with Gasteiger partial charge in [0.15, 0.2) is 19.9 Å². The number of aromatic nitrogens is 3. The zero-order valence-electron chi connectivity index (χ0n) is 20.7. The maximum absolute atomic E-state index is 11.2. The van der Waals surface area contributed by atoms with Crippen molar-refractivity contribution in [3.63, 3.8) is 0 Å². The summed E-state index contributed by atoms with van der Waals surface area (Å²) in [4.78, 5) is 15.2. The summed E-state index contributed by atoms with van der Waals surface area (Å²) in [7, 11) is -2.15. The molecule has 2 saturated heterocycles. The number of rotatable bonds is 6. The van der Waals surface area contributed by atoms with Crippen molar-refractivity contribution in [2.45, 2.75) is 82.5 Å². The molecule has 4 atom stereocenters. The van der Waals surface area contributed by atoms with E-state index in [0.717, 1.165) is 0 Å². The second kappa shape index (κ2) is 8.24. The van der Waals surface area contributed by atoms with E-state index in [9.17, 15) is 9.90 Å². The molecule has 4 heterocycles. The molecule has 11 nitrogen and oxygen atoms in total. The molecule has 2 fully saturated rings. The number of nitrogens with one attached hydrogen (secondary N) is 1. The molecule has 2 aliphatic rings. The number of aliphatic hydroxyl groups excluding tert-OH is 1. The Labute approximate surface area is 199 Å². The smallest absolute Gasteiger partial charge is 0.410 e. The summed E-state index contributed by atoms with van der Waals surface area (Å²) < 4.78 is 27.0. The van der Waals surface area contributed by atoms with E-state index < -0.39 is 44.1 Å². The van der Waals surface area contributed by atoms with Crippen LogP contribution in [0.2, 0.25) is 18.1 Å². The summed E-state index contributed by atoms with van der Waals surface area (Å²) in [6, 6.07) is 3.50. The van der Waals surface area contributed by atoms with Gasteiger partial charge in [0.1, 0.15) is 35.8 Å². The van der Waals surface area contributed by atoms with E-state index >= 15 is 0 Å². The van der Waals surface area contributed by atoms with Gasteiger partial charge in [-0.2, -0.15) is 5.10 Å². The van der Waals surface area contributed by atoms with Gasteiger partial charge in [-0.3, -0.25) is 5.32 Å². The largest absolute Gasteiger partial charge is 0.465 e. The molecule has 34 heavy (non-hydrogen) atoms. The minimum atomic E-state index is -2.15. The van der Waals surface area contributed by atoms with Crippen molar-refractivity contribution in [3.8, 4) is 0 Å². The van der Waals surface area contributed by atoms with E-state index in [1.165, 1.54) is 6.33 Å². The number of hydrogen-bond acceptors (Lipinski definition) is 8. The number of amides is 1. The Morgan fingerprint density at radius 1 is 1.26 bits per heavy atom. The van der Waals surface area contributed by atoms with E-state index in [4.69, 9.17) is 23.7 Å². The van der Waals surface area contributed by atoms with E-state index in [2.05, 4.69) is 49.3 Å². The van der Waals surface area contributed by atoms with Crippen molar-refractivity contribution < 1.29 is 33.6 Å². The highest BCUT2D eigenvalue weighted by Crippen LogP contribution is 2.51. The third kappa shape index (κ3) is 4.23. The molecule has 0 unspecified atom stereocenters. The molecule has 12 heteroatoms. The van der Waals surface area contributed by atoms with Gasteiger partial charge in [0, 0.05) is 0 Å². The summed E-state index contributed by atoms with van der Waals surface area (Å²) in [5, 5.41) is 26.3. The molecule has 2 aromatic heterocycles. The first kappa shape index (κ1) is 25.0. The SMILES string of the molecule is CC1(C)O[C@H]2[C@H](c3ccc4c(NC(=O)O)ncnn34)O[C@](CO)(CO[Si](C)(C)C(C)(C)C)[C@H]2O1. The summed E-state index contributed by atoms with van der Waals surface area (Å²) >= 11 is 0. The number of carboxylic acid groups (broad SMARTS) is 1. The fraction of sp³-hybridized carbons (Fsp3) is 0.682. The zero-order chi connectivity index (χ0) is 25.1. The van der Waals surface area contributed by atoms with E-state index in [0.29, 0.717) is 11.2 Å². The van der Waals surface area contributed by atoms with Crippen LogP contribution in [-0.2, 0) is 18.6 Å². The number of aliphatic hydroxyl groups is 1. The fourth-order valence-corrected chi connectivity index (χ4v) is 5.25. The molecule has 1 amide bonds. The number of ether oxygens (including phenoxy) is 3. The van der Waals surface area contributed by atoms with Gasteiger partial charge in [0.2, 0.25) is 0 Å². The van der Waals surface area contributed by atoms with Crippen LogP contribution in [-0.4, -0.2) is 76.0 Å². The zero-order valence-corrected chi connectivity index (χ0v) is 21.7. The molecule has 3 N–H and O–H groups in total.